The van der Waals surface area contributed by atoms with Gasteiger partial charge in [-0.05, 0) is 41.2 Å². The molecule has 0 aliphatic carbocycles. The molecule has 1 heterocycles. The first-order valence-electron chi connectivity index (χ1n) is 11.7. The van der Waals surface area contributed by atoms with Crippen LogP contribution in [0, 0.1) is 5.92 Å². The number of anilines is 1. The third kappa shape index (κ3) is 6.06. The number of hydrogen-bond donors (Lipinski definition) is 1. The minimum absolute atomic E-state index is 0.00767. The quantitative estimate of drug-likeness (QED) is 0.718. The summed E-state index contributed by atoms with van der Waals surface area (Å²) in [6, 6.07) is 15.1. The third-order valence-corrected chi connectivity index (χ3v) is 6.24. The summed E-state index contributed by atoms with van der Waals surface area (Å²) in [5.74, 6) is 0.586. The van der Waals surface area contributed by atoms with Crippen LogP contribution in [0.2, 0.25) is 0 Å². The molecule has 0 radical (unpaired) electrons. The van der Waals surface area contributed by atoms with Gasteiger partial charge in [0.25, 0.3) is 5.91 Å². The minimum atomic E-state index is -0.553. The van der Waals surface area contributed by atoms with Crippen molar-refractivity contribution in [2.45, 2.75) is 46.1 Å². The van der Waals surface area contributed by atoms with Gasteiger partial charge in [-0.25, -0.2) is 0 Å². The predicted octanol–water partition coefficient (Wildman–Crippen LogP) is 4.10. The maximum absolute atomic E-state index is 13.3. The van der Waals surface area contributed by atoms with Gasteiger partial charge in [0, 0.05) is 43.5 Å². The molecule has 1 N–H and O–H groups in total. The summed E-state index contributed by atoms with van der Waals surface area (Å²) < 4.78 is 5.33. The molecule has 6 heteroatoms. The van der Waals surface area contributed by atoms with E-state index in [1.54, 1.807) is 7.11 Å². The van der Waals surface area contributed by atoms with E-state index >= 15 is 0 Å². The van der Waals surface area contributed by atoms with Gasteiger partial charge in [-0.1, -0.05) is 52.8 Å². The number of nitrogens with zero attached hydrogens (tertiary/aromatic N) is 2. The Balaban J connectivity index is 1.62. The van der Waals surface area contributed by atoms with Crippen LogP contribution in [-0.4, -0.2) is 56.0 Å². The average Bonchev–Trinajstić information content (AvgIpc) is 2.81. The molecule has 33 heavy (non-hydrogen) atoms. The molecule has 0 saturated carbocycles. The summed E-state index contributed by atoms with van der Waals surface area (Å²) in [5, 5.41) is 2.99. The second-order valence-electron chi connectivity index (χ2n) is 10.0. The monoisotopic (exact) mass is 451 g/mol. The fraction of sp³-hybridized carbons (Fsp3) is 0.481. The summed E-state index contributed by atoms with van der Waals surface area (Å²) >= 11 is 0. The van der Waals surface area contributed by atoms with E-state index in [0.717, 1.165) is 24.5 Å². The lowest BCUT2D eigenvalue weighted by Crippen LogP contribution is -2.56. The number of piperazine rings is 1. The third-order valence-electron chi connectivity index (χ3n) is 6.24. The zero-order chi connectivity index (χ0) is 24.2. The Morgan fingerprint density at radius 3 is 2.15 bits per heavy atom. The van der Waals surface area contributed by atoms with E-state index in [-0.39, 0.29) is 23.1 Å². The van der Waals surface area contributed by atoms with Crippen LogP contribution in [-0.2, 0) is 10.2 Å². The van der Waals surface area contributed by atoms with E-state index in [0.29, 0.717) is 18.7 Å². The van der Waals surface area contributed by atoms with Crippen molar-refractivity contribution in [3.63, 3.8) is 0 Å². The number of hydrogen-bond acceptors (Lipinski definition) is 4. The van der Waals surface area contributed by atoms with E-state index in [2.05, 4.69) is 37.1 Å². The zero-order valence-electron chi connectivity index (χ0n) is 20.7. The minimum Gasteiger partial charge on any atom is -0.497 e. The fourth-order valence-corrected chi connectivity index (χ4v) is 4.05. The van der Waals surface area contributed by atoms with Crippen LogP contribution in [0.3, 0.4) is 0 Å². The van der Waals surface area contributed by atoms with E-state index < -0.39 is 6.04 Å². The number of carbonyl (C=O) groups excluding carboxylic acids is 2. The number of methoxy groups -OCH3 is 1. The van der Waals surface area contributed by atoms with E-state index in [4.69, 9.17) is 4.74 Å². The van der Waals surface area contributed by atoms with Gasteiger partial charge in [0.2, 0.25) is 5.91 Å². The summed E-state index contributed by atoms with van der Waals surface area (Å²) in [5.41, 5.74) is 2.86. The summed E-state index contributed by atoms with van der Waals surface area (Å²) in [6.07, 6.45) is 0. The molecular weight excluding hydrogens is 414 g/mol. The van der Waals surface area contributed by atoms with Crippen LogP contribution in [0.25, 0.3) is 0 Å². The number of amides is 2. The maximum Gasteiger partial charge on any atom is 0.251 e. The van der Waals surface area contributed by atoms with Gasteiger partial charge in [0.15, 0.2) is 0 Å². The molecule has 0 spiro atoms. The van der Waals surface area contributed by atoms with Gasteiger partial charge in [-0.2, -0.15) is 0 Å². The Morgan fingerprint density at radius 2 is 1.61 bits per heavy atom. The lowest BCUT2D eigenvalue weighted by atomic mass is 9.86. The van der Waals surface area contributed by atoms with Crippen LogP contribution in [0.5, 0.6) is 5.75 Å². The van der Waals surface area contributed by atoms with Crippen molar-refractivity contribution in [2.75, 3.05) is 38.2 Å². The Kier molecular flexibility index (Phi) is 7.67. The van der Waals surface area contributed by atoms with Gasteiger partial charge in [0.05, 0.1) is 7.11 Å². The maximum atomic E-state index is 13.3. The van der Waals surface area contributed by atoms with Crippen LogP contribution in [0.1, 0.15) is 50.5 Å². The number of carbonyl (C=O) groups is 2. The van der Waals surface area contributed by atoms with Gasteiger partial charge in [0.1, 0.15) is 11.8 Å². The van der Waals surface area contributed by atoms with Gasteiger partial charge < -0.3 is 19.9 Å². The van der Waals surface area contributed by atoms with E-state index in [9.17, 15) is 9.59 Å². The molecule has 0 aromatic heterocycles. The van der Waals surface area contributed by atoms with Crippen LogP contribution in [0.15, 0.2) is 48.5 Å². The lowest BCUT2D eigenvalue weighted by molar-refractivity contribution is -0.134. The SMILES string of the molecule is COc1cccc(N2CCN(C(=O)C(NC(=O)c3ccc(C(C)(C)C)cc3)C(C)C)CC2)c1. The molecule has 1 aliphatic rings. The molecule has 1 fully saturated rings. The summed E-state index contributed by atoms with van der Waals surface area (Å²) in [6.45, 7) is 13.1. The second kappa shape index (κ2) is 10.3. The van der Waals surface area contributed by atoms with Gasteiger partial charge in [-0.15, -0.1) is 0 Å². The summed E-state index contributed by atoms with van der Waals surface area (Å²) in [7, 11) is 1.66. The molecule has 6 nitrogen and oxygen atoms in total. The first kappa shape index (κ1) is 24.6. The number of rotatable bonds is 6. The molecule has 178 valence electrons. The molecule has 3 rings (SSSR count). The molecule has 1 aliphatic heterocycles. The molecule has 2 aromatic carbocycles. The Morgan fingerprint density at radius 1 is 0.970 bits per heavy atom. The number of benzene rings is 2. The fourth-order valence-electron chi connectivity index (χ4n) is 4.05. The molecule has 1 atom stereocenters. The normalized spacial score (nSPS) is 15.4. The molecule has 2 aromatic rings. The van der Waals surface area contributed by atoms with Crippen molar-refractivity contribution in [2.24, 2.45) is 5.92 Å². The van der Waals surface area contributed by atoms with E-state index in [1.165, 1.54) is 5.56 Å². The zero-order valence-corrected chi connectivity index (χ0v) is 20.7. The van der Waals surface area contributed by atoms with Crippen LogP contribution >= 0.6 is 0 Å². The summed E-state index contributed by atoms with van der Waals surface area (Å²) in [4.78, 5) is 30.3. The molecule has 2 amide bonds. The van der Waals surface area contributed by atoms with Crippen molar-refractivity contribution in [1.29, 1.82) is 0 Å². The Labute approximate surface area is 197 Å². The first-order chi connectivity index (χ1) is 15.6. The van der Waals surface area contributed by atoms with Gasteiger partial charge in [-0.3, -0.25) is 9.59 Å². The van der Waals surface area contributed by atoms with Crippen molar-refractivity contribution in [1.82, 2.24) is 10.2 Å². The number of ether oxygens (including phenoxy) is 1. The van der Waals surface area contributed by atoms with Gasteiger partial charge >= 0.3 is 0 Å². The predicted molar refractivity (Wildman–Crippen MR) is 133 cm³/mol. The van der Waals surface area contributed by atoms with Crippen molar-refractivity contribution < 1.29 is 14.3 Å². The molecule has 1 saturated heterocycles. The topological polar surface area (TPSA) is 61.9 Å². The van der Waals surface area contributed by atoms with E-state index in [1.807, 2.05) is 61.2 Å². The largest absolute Gasteiger partial charge is 0.497 e. The lowest BCUT2D eigenvalue weighted by Gasteiger charge is -2.38. The molecule has 0 bridgehead atoms. The smallest absolute Gasteiger partial charge is 0.251 e. The molecular formula is C27H37N3O3. The highest BCUT2D eigenvalue weighted by Crippen LogP contribution is 2.24. The molecule has 1 unspecified atom stereocenters. The number of nitrogens with one attached hydrogen (secondary N) is 1. The highest BCUT2D eigenvalue weighted by molar-refractivity contribution is 5.97. The van der Waals surface area contributed by atoms with Crippen LogP contribution < -0.4 is 15.0 Å². The Hall–Kier alpha value is -3.02. The Bertz CT molecular complexity index is 955. The van der Waals surface area contributed by atoms with Crippen molar-refractivity contribution >= 4 is 17.5 Å². The second-order valence-corrected chi connectivity index (χ2v) is 10.0. The van der Waals surface area contributed by atoms with Crippen LogP contribution in [0.4, 0.5) is 5.69 Å². The highest BCUT2D eigenvalue weighted by atomic mass is 16.5. The van der Waals surface area contributed by atoms with Crippen molar-refractivity contribution in [3.8, 4) is 5.75 Å². The average molecular weight is 452 g/mol. The highest BCUT2D eigenvalue weighted by Gasteiger charge is 2.31. The van der Waals surface area contributed by atoms with Crippen molar-refractivity contribution in [3.05, 3.63) is 59.7 Å². The standard InChI is InChI=1S/C27H37N3O3/c1-19(2)24(28-25(31)20-10-12-21(13-11-20)27(3,4)5)26(32)30-16-14-29(15-17-30)22-8-7-9-23(18-22)33-6/h7-13,18-19,24H,14-17H2,1-6H3,(H,28,31). The first-order valence-corrected chi connectivity index (χ1v) is 11.7.